The molecule has 2 heterocycles. The Morgan fingerprint density at radius 3 is 2.69 bits per heavy atom. The third kappa shape index (κ3) is 4.21. The molecule has 0 fully saturated rings. The Bertz CT molecular complexity index is 1060. The molecule has 0 atom stereocenters. The zero-order chi connectivity index (χ0) is 20.4. The molecule has 0 radical (unpaired) electrons. The number of aromatic nitrogens is 1. The average molecular weight is 389 g/mol. The van der Waals surface area contributed by atoms with Crippen LogP contribution in [-0.4, -0.2) is 28.2 Å². The van der Waals surface area contributed by atoms with Crippen molar-refractivity contribution in [3.05, 3.63) is 82.6 Å². The van der Waals surface area contributed by atoms with Crippen LogP contribution in [0.2, 0.25) is 0 Å². The molecule has 6 nitrogen and oxygen atoms in total. The lowest BCUT2D eigenvalue weighted by atomic mass is 10.1. The van der Waals surface area contributed by atoms with Gasteiger partial charge >= 0.3 is 0 Å². The predicted octanol–water partition coefficient (Wildman–Crippen LogP) is 3.73. The van der Waals surface area contributed by atoms with Crippen molar-refractivity contribution in [1.82, 2.24) is 9.88 Å². The van der Waals surface area contributed by atoms with Gasteiger partial charge in [0.05, 0.1) is 6.54 Å². The van der Waals surface area contributed by atoms with E-state index < -0.39 is 0 Å². The minimum Gasteiger partial charge on any atom is -0.445 e. The van der Waals surface area contributed by atoms with E-state index in [1.54, 1.807) is 17.0 Å². The normalized spacial score (nSPS) is 13.1. The fourth-order valence-corrected chi connectivity index (χ4v) is 3.58. The summed E-state index contributed by atoms with van der Waals surface area (Å²) in [6.45, 7) is 4.38. The van der Waals surface area contributed by atoms with Crippen LogP contribution in [0.1, 0.15) is 45.8 Å². The monoisotopic (exact) mass is 389 g/mol. The Kier molecular flexibility index (Phi) is 5.16. The zero-order valence-corrected chi connectivity index (χ0v) is 16.6. The summed E-state index contributed by atoms with van der Waals surface area (Å²) in [5.74, 6) is 1.39. The molecule has 0 saturated carbocycles. The van der Waals surface area contributed by atoms with Gasteiger partial charge in [-0.15, -0.1) is 0 Å². The molecule has 6 heteroatoms. The van der Waals surface area contributed by atoms with Gasteiger partial charge in [0.25, 0.3) is 5.91 Å². The first-order chi connectivity index (χ1) is 14.0. The first-order valence-electron chi connectivity index (χ1n) is 9.68. The molecule has 1 N–H and O–H groups in total. The van der Waals surface area contributed by atoms with Gasteiger partial charge in [-0.3, -0.25) is 9.59 Å². The van der Waals surface area contributed by atoms with Crippen molar-refractivity contribution in [3.63, 3.8) is 0 Å². The number of carbonyl (C=O) groups is 2. The van der Waals surface area contributed by atoms with Gasteiger partial charge in [0.2, 0.25) is 5.91 Å². The number of nitrogens with zero attached hydrogens (tertiary/aromatic N) is 2. The minimum absolute atomic E-state index is 0.0410. The molecular formula is C23H23N3O3. The number of benzene rings is 2. The second kappa shape index (κ2) is 7.91. The number of carbonyl (C=O) groups excluding carboxylic acids is 2. The van der Waals surface area contributed by atoms with Crippen LogP contribution in [0, 0.1) is 6.92 Å². The topological polar surface area (TPSA) is 75.4 Å². The quantitative estimate of drug-likeness (QED) is 0.738. The molecule has 4 rings (SSSR count). The summed E-state index contributed by atoms with van der Waals surface area (Å²) in [5.41, 5.74) is 4.16. The molecule has 2 aromatic carbocycles. The van der Waals surface area contributed by atoms with Gasteiger partial charge in [-0.25, -0.2) is 4.98 Å². The Morgan fingerprint density at radius 1 is 1.17 bits per heavy atom. The van der Waals surface area contributed by atoms with E-state index in [4.69, 9.17) is 4.42 Å². The third-order valence-corrected chi connectivity index (χ3v) is 5.04. The largest absolute Gasteiger partial charge is 0.445 e. The van der Waals surface area contributed by atoms with E-state index in [9.17, 15) is 9.59 Å². The Balaban J connectivity index is 1.47. The second-order valence-corrected chi connectivity index (χ2v) is 7.33. The number of oxazole rings is 1. The number of rotatable bonds is 4. The average Bonchev–Trinajstić information content (AvgIpc) is 3.10. The first-order valence-corrected chi connectivity index (χ1v) is 9.68. The number of hydrogen-bond donors (Lipinski definition) is 1. The van der Waals surface area contributed by atoms with Crippen molar-refractivity contribution in [1.29, 1.82) is 0 Å². The van der Waals surface area contributed by atoms with E-state index >= 15 is 0 Å². The summed E-state index contributed by atoms with van der Waals surface area (Å²) in [7, 11) is 0. The summed E-state index contributed by atoms with van der Waals surface area (Å²) in [5, 5.41) is 2.77. The maximum absolute atomic E-state index is 13.0. The number of anilines is 1. The van der Waals surface area contributed by atoms with Crippen molar-refractivity contribution < 1.29 is 14.0 Å². The molecule has 29 heavy (non-hydrogen) atoms. The van der Waals surface area contributed by atoms with Crippen LogP contribution in [0.25, 0.3) is 0 Å². The standard InChI is InChI=1S/C23H23N3O3/c1-15-12-18(8-9-19(15)24-16(2)27)23(28)26-11-10-21-20(14-26)25-22(29-21)13-17-6-4-3-5-7-17/h3-9,12H,10-11,13-14H2,1-2H3,(H,24,27). The molecule has 0 unspecified atom stereocenters. The van der Waals surface area contributed by atoms with Crippen molar-refractivity contribution in [2.45, 2.75) is 33.2 Å². The molecule has 3 aromatic rings. The molecule has 1 aromatic heterocycles. The molecule has 0 spiro atoms. The van der Waals surface area contributed by atoms with Crippen LogP contribution < -0.4 is 5.32 Å². The van der Waals surface area contributed by atoms with E-state index in [2.05, 4.69) is 10.3 Å². The molecule has 1 aliphatic heterocycles. The highest BCUT2D eigenvalue weighted by Crippen LogP contribution is 2.24. The van der Waals surface area contributed by atoms with Crippen molar-refractivity contribution in [2.24, 2.45) is 0 Å². The maximum atomic E-state index is 13.0. The number of hydrogen-bond acceptors (Lipinski definition) is 4. The number of aryl methyl sites for hydroxylation is 1. The molecule has 0 aliphatic carbocycles. The fourth-order valence-electron chi connectivity index (χ4n) is 3.58. The smallest absolute Gasteiger partial charge is 0.254 e. The molecular weight excluding hydrogens is 366 g/mol. The van der Waals surface area contributed by atoms with Crippen molar-refractivity contribution in [3.8, 4) is 0 Å². The SMILES string of the molecule is CC(=O)Nc1ccc(C(=O)N2CCc3oc(Cc4ccccc4)nc3C2)cc1C. The van der Waals surface area contributed by atoms with Crippen molar-refractivity contribution in [2.75, 3.05) is 11.9 Å². The zero-order valence-electron chi connectivity index (χ0n) is 16.6. The van der Waals surface area contributed by atoms with Gasteiger partial charge in [0, 0.05) is 37.6 Å². The molecule has 148 valence electrons. The number of fused-ring (bicyclic) bond motifs is 1. The van der Waals surface area contributed by atoms with Gasteiger partial charge in [0.15, 0.2) is 5.89 Å². The lowest BCUT2D eigenvalue weighted by Gasteiger charge is -2.25. The van der Waals surface area contributed by atoms with Crippen LogP contribution in [0.4, 0.5) is 5.69 Å². The van der Waals surface area contributed by atoms with E-state index in [1.165, 1.54) is 6.92 Å². The lowest BCUT2D eigenvalue weighted by molar-refractivity contribution is -0.114. The lowest BCUT2D eigenvalue weighted by Crippen LogP contribution is -2.35. The summed E-state index contributed by atoms with van der Waals surface area (Å²) in [6, 6.07) is 15.4. The minimum atomic E-state index is -0.131. The Hall–Kier alpha value is -3.41. The van der Waals surface area contributed by atoms with E-state index in [0.717, 1.165) is 28.3 Å². The Morgan fingerprint density at radius 2 is 1.97 bits per heavy atom. The summed E-state index contributed by atoms with van der Waals surface area (Å²) < 4.78 is 5.93. The highest BCUT2D eigenvalue weighted by atomic mass is 16.4. The Labute approximate surface area is 169 Å². The van der Waals surface area contributed by atoms with Gasteiger partial charge < -0.3 is 14.6 Å². The van der Waals surface area contributed by atoms with Crippen LogP contribution >= 0.6 is 0 Å². The van der Waals surface area contributed by atoms with Crippen LogP contribution in [0.3, 0.4) is 0 Å². The highest BCUT2D eigenvalue weighted by molar-refractivity contribution is 5.96. The molecule has 1 aliphatic rings. The van der Waals surface area contributed by atoms with Crippen LogP contribution in [-0.2, 0) is 24.2 Å². The number of nitrogens with one attached hydrogen (secondary N) is 1. The van der Waals surface area contributed by atoms with E-state index in [-0.39, 0.29) is 11.8 Å². The molecule has 0 bridgehead atoms. The number of amides is 2. The fraction of sp³-hybridized carbons (Fsp3) is 0.261. The predicted molar refractivity (Wildman–Crippen MR) is 110 cm³/mol. The third-order valence-electron chi connectivity index (χ3n) is 5.04. The highest BCUT2D eigenvalue weighted by Gasteiger charge is 2.26. The van der Waals surface area contributed by atoms with Gasteiger partial charge in [-0.05, 0) is 36.2 Å². The maximum Gasteiger partial charge on any atom is 0.254 e. The van der Waals surface area contributed by atoms with Crippen LogP contribution in [0.15, 0.2) is 52.9 Å². The molecule has 2 amide bonds. The van der Waals surface area contributed by atoms with E-state index in [0.29, 0.717) is 37.4 Å². The van der Waals surface area contributed by atoms with E-state index in [1.807, 2.05) is 43.3 Å². The molecule has 0 saturated heterocycles. The first kappa shape index (κ1) is 18.9. The summed E-state index contributed by atoms with van der Waals surface area (Å²) >= 11 is 0. The summed E-state index contributed by atoms with van der Waals surface area (Å²) in [6.07, 6.45) is 1.30. The van der Waals surface area contributed by atoms with Crippen molar-refractivity contribution >= 4 is 17.5 Å². The second-order valence-electron chi connectivity index (χ2n) is 7.33. The van der Waals surface area contributed by atoms with Crippen LogP contribution in [0.5, 0.6) is 0 Å². The van der Waals surface area contributed by atoms with Gasteiger partial charge in [0.1, 0.15) is 11.5 Å². The van der Waals surface area contributed by atoms with Gasteiger partial charge in [-0.2, -0.15) is 0 Å². The van der Waals surface area contributed by atoms with Gasteiger partial charge in [-0.1, -0.05) is 30.3 Å². The summed E-state index contributed by atoms with van der Waals surface area (Å²) in [4.78, 5) is 30.7.